The molecule has 6 saturated heterocycles. The molecule has 6 fully saturated rings. The first-order chi connectivity index (χ1) is 65.4. The molecule has 11 nitrogen and oxygen atoms in total. The van der Waals surface area contributed by atoms with Crippen molar-refractivity contribution in [1.82, 2.24) is 34.9 Å². The third kappa shape index (κ3) is 24.9. The van der Waals surface area contributed by atoms with Crippen LogP contribution in [-0.2, 0) is 21.1 Å². The maximum absolute atomic E-state index is 8.25. The van der Waals surface area contributed by atoms with Crippen LogP contribution in [0.15, 0.2) is 309 Å². The number of pyridine rings is 7. The smallest absolute Gasteiger partial charge is 0.537 e. The molecule has 0 unspecified atom stereocenters. The summed E-state index contributed by atoms with van der Waals surface area (Å²) in [6.07, 6.45) is 22.8. The number of hydrogen-bond acceptors (Lipinski definition) is 11. The zero-order valence-electron chi connectivity index (χ0n) is 80.5. The first-order valence-electron chi connectivity index (χ1n) is 47.8. The quantitative estimate of drug-likeness (QED) is 0.0472. The van der Waals surface area contributed by atoms with Crippen molar-refractivity contribution < 1.29 is 30.7 Å². The second kappa shape index (κ2) is 45.7. The summed E-state index contributed by atoms with van der Waals surface area (Å²) in [5, 5.41) is 17.3. The van der Waals surface area contributed by atoms with E-state index in [0.29, 0.717) is 13.4 Å². The van der Waals surface area contributed by atoms with Crippen molar-refractivity contribution in [3.63, 3.8) is 0 Å². The van der Waals surface area contributed by atoms with Crippen molar-refractivity contribution in [3.05, 3.63) is 354 Å². The zero-order chi connectivity index (χ0) is 95.5. The molecule has 0 saturated carbocycles. The molecule has 0 spiro atoms. The standard InChI is InChI=1S/C39H43N3Si2.C39H41N3Si2.C15H16BrNSi.C9H12BrNSi.C6H5BBrO2.C5H3Br2N.Pt/c2*1-28-22-29(2)39(30(3)23-28)42(33-12-6-10-31(24-33)37-16-14-35(26-40-37)43(4)18-8-19-43)34-13-7-11-32(25-34)38-17-15-36(27-41-38)44(5)20-9-21-44;1-18(8-3-9-18)14-6-7-15(17-11-14)12-4-2-5-13(16)10-12;1-12(5-2-6-12)8-3-4-9(10)11-7-8;8-5-2-1-3-6(4-5)10-7-9;6-4-1-2-5(7)8-3-4;/h6-7,10-17,22-27H,8-9,18-21H2,1-5H3;6-7,10-17,22-23,26-27H,8-9,18-21H2,1-5H3;2,4-7,10-11H,3,8-9H2,1H3;3-4,7H,2,5-6H2,1H3;1-4,9H;1-3H;/q;-2;;;;;+2. The summed E-state index contributed by atoms with van der Waals surface area (Å²) in [4.78, 5) is 37.5. The van der Waals surface area contributed by atoms with E-state index in [1.807, 2.05) is 30.3 Å². The van der Waals surface area contributed by atoms with Gasteiger partial charge >= 0.3 is 28.8 Å². The van der Waals surface area contributed by atoms with Crippen LogP contribution in [0.1, 0.15) is 71.9 Å². The maximum atomic E-state index is 8.25. The first kappa shape index (κ1) is 103. The molecule has 0 atom stereocenters. The predicted octanol–water partition coefficient (Wildman–Crippen LogP) is 29.5. The van der Waals surface area contributed by atoms with Crippen LogP contribution in [0.3, 0.4) is 0 Å². The van der Waals surface area contributed by atoms with E-state index < -0.39 is 48.4 Å². The fraction of sp³-hybridized carbons (Fsp3) is 0.265. The minimum Gasteiger partial charge on any atom is -0.537 e. The maximum Gasteiger partial charge on any atom is 2.00 e. The molecule has 137 heavy (non-hydrogen) atoms. The minimum atomic E-state index is -1.26. The van der Waals surface area contributed by atoms with E-state index in [1.165, 1.54) is 187 Å². The average molecular weight is 2410 g/mol. The molecule has 0 aliphatic carbocycles. The molecule has 15 aromatic rings. The summed E-state index contributed by atoms with van der Waals surface area (Å²) in [5.74, 6) is 0.608. The van der Waals surface area contributed by atoms with Crippen LogP contribution in [0.2, 0.25) is 112 Å². The molecule has 6 aliphatic heterocycles. The molecule has 24 heteroatoms. The molecule has 0 bridgehead atoms. The fourth-order valence-electron chi connectivity index (χ4n) is 19.8. The van der Waals surface area contributed by atoms with Gasteiger partial charge in [-0.25, -0.2) is 9.97 Å². The topological polar surface area (TPSA) is 126 Å². The molecule has 7 aromatic heterocycles. The number of aryl methyl sites for hydroxylation is 6. The van der Waals surface area contributed by atoms with Crippen LogP contribution in [-0.4, -0.2) is 96.0 Å². The molecule has 0 amide bonds. The predicted molar refractivity (Wildman–Crippen MR) is 606 cm³/mol. The van der Waals surface area contributed by atoms with Gasteiger partial charge in [0.15, 0.2) is 0 Å². The molecular formula is C113H120BBr5N9O2PtSi6. The molecule has 701 valence electrons. The molecule has 1 N–H and O–H groups in total. The molecular weight excluding hydrogens is 2290 g/mol. The van der Waals surface area contributed by atoms with Gasteiger partial charge in [-0.3, -0.25) is 15.0 Å². The molecule has 13 heterocycles. The fourth-order valence-corrected chi connectivity index (χ4v) is 38.4. The Morgan fingerprint density at radius 2 is 0.599 bits per heavy atom. The Bertz CT molecular complexity index is 6110. The molecule has 21 rings (SSSR count). The van der Waals surface area contributed by atoms with Crippen molar-refractivity contribution in [2.75, 3.05) is 9.80 Å². The van der Waals surface area contributed by atoms with Crippen molar-refractivity contribution in [3.8, 4) is 62.0 Å². The van der Waals surface area contributed by atoms with Gasteiger partial charge in [0, 0.05) is 90.5 Å². The minimum absolute atomic E-state index is 0. The third-order valence-corrected chi connectivity index (χ3v) is 59.4. The van der Waals surface area contributed by atoms with Crippen molar-refractivity contribution in [2.24, 2.45) is 0 Å². The number of nitrogens with zero attached hydrogens (tertiary/aromatic N) is 9. The first-order valence-corrected chi connectivity index (χ1v) is 69.3. The van der Waals surface area contributed by atoms with E-state index >= 15 is 0 Å². The normalized spacial score (nSPS) is 15.9. The van der Waals surface area contributed by atoms with Crippen LogP contribution >= 0.6 is 79.6 Å². The summed E-state index contributed by atoms with van der Waals surface area (Å²) >= 11 is 16.6. The van der Waals surface area contributed by atoms with Gasteiger partial charge in [0.2, 0.25) is 0 Å². The van der Waals surface area contributed by atoms with Crippen LogP contribution < -0.4 is 45.6 Å². The number of aromatic nitrogens is 7. The van der Waals surface area contributed by atoms with E-state index in [9.17, 15) is 0 Å². The number of hydrogen-bond donors (Lipinski definition) is 1. The summed E-state index contributed by atoms with van der Waals surface area (Å²) in [6, 6.07) is 110. The van der Waals surface area contributed by atoms with Gasteiger partial charge in [-0.15, -0.1) is 59.7 Å². The van der Waals surface area contributed by atoms with E-state index in [1.54, 1.807) is 18.3 Å². The van der Waals surface area contributed by atoms with Crippen LogP contribution in [0.4, 0.5) is 34.1 Å². The zero-order valence-corrected chi connectivity index (χ0v) is 96.7. The monoisotopic (exact) mass is 2400 g/mol. The molecule has 1 radical (unpaired) electrons. The summed E-state index contributed by atoms with van der Waals surface area (Å²) in [7, 11) is -6.43. The van der Waals surface area contributed by atoms with Gasteiger partial charge in [0.25, 0.3) is 0 Å². The van der Waals surface area contributed by atoms with Gasteiger partial charge < -0.3 is 29.4 Å². The molecule has 6 aliphatic rings. The Labute approximate surface area is 875 Å². The SMILES string of the molecule is Brc1ccc(Br)nc1.C[Si]1(c2ccc(-c3cccc(Br)c3)nc2)CCC1.C[Si]1(c2ccc(Br)nc2)CCC1.Cc1cc(C)c(N(c2[c-]c(-c3ccc([Si]4(C)CCC4)cn3)ccc2)c2[c-]c(-c3ccc([Si]4(C)CCC4)cn3)ccc2)c(C)c1.Cc1cc(C)c(N(c2cccc(-c3ccc([Si]4(C)CCC4)cn3)c2)c2cccc(-c3ccc([Si]4(C)CCC4)cn3)c2)c(C)c1.O[B]Oc1cccc(Br)c1.[Pt+2]. The van der Waals surface area contributed by atoms with Crippen molar-refractivity contribution in [2.45, 2.75) is 192 Å². The summed E-state index contributed by atoms with van der Waals surface area (Å²) < 4.78 is 9.52. The van der Waals surface area contributed by atoms with Crippen molar-refractivity contribution in [1.29, 1.82) is 0 Å². The molecule has 8 aromatic carbocycles. The summed E-state index contributed by atoms with van der Waals surface area (Å²) in [6.45, 7) is 28.1. The van der Waals surface area contributed by atoms with Crippen LogP contribution in [0.5, 0.6) is 5.75 Å². The Hall–Kier alpha value is -8.38. The van der Waals surface area contributed by atoms with Crippen LogP contribution in [0.25, 0.3) is 56.3 Å². The number of halogens is 5. The van der Waals surface area contributed by atoms with E-state index in [0.717, 1.165) is 102 Å². The number of rotatable bonds is 19. The van der Waals surface area contributed by atoms with Gasteiger partial charge in [0.1, 0.15) is 15.0 Å². The van der Waals surface area contributed by atoms with Gasteiger partial charge in [-0.05, 0) is 256 Å². The number of anilines is 6. The Kier molecular flexibility index (Phi) is 34.3. The Morgan fingerprint density at radius 1 is 0.299 bits per heavy atom. The van der Waals surface area contributed by atoms with E-state index in [4.69, 9.17) is 25.0 Å². The van der Waals surface area contributed by atoms with E-state index in [-0.39, 0.29) is 21.1 Å². The van der Waals surface area contributed by atoms with Crippen molar-refractivity contribution >= 4 is 201 Å². The number of benzene rings is 8. The largest absolute Gasteiger partial charge is 2.00 e. The summed E-state index contributed by atoms with van der Waals surface area (Å²) in [5.41, 5.74) is 24.7. The average Bonchev–Trinajstić information content (AvgIpc) is 0.759. The Morgan fingerprint density at radius 3 is 0.891 bits per heavy atom. The van der Waals surface area contributed by atoms with E-state index in [2.05, 4.69) is 439 Å². The van der Waals surface area contributed by atoms with Gasteiger partial charge in [-0.1, -0.05) is 309 Å². The Balaban J connectivity index is 0.000000140. The van der Waals surface area contributed by atoms with Crippen LogP contribution in [0, 0.1) is 53.7 Å². The third-order valence-electron chi connectivity index (χ3n) is 29.4. The second-order valence-electron chi connectivity index (χ2n) is 39.7. The van der Waals surface area contributed by atoms with Gasteiger partial charge in [-0.2, -0.15) is 0 Å². The second-order valence-corrected chi connectivity index (χ2v) is 72.2. The van der Waals surface area contributed by atoms with Gasteiger partial charge in [0.05, 0.1) is 71.2 Å².